The molecule has 9 nitrogen and oxygen atoms in total. The minimum Gasteiger partial charge on any atom is -0.461 e. The predicted molar refractivity (Wildman–Crippen MR) is 120 cm³/mol. The number of furan rings is 1. The summed E-state index contributed by atoms with van der Waals surface area (Å²) in [6.07, 6.45) is 1.57. The van der Waals surface area contributed by atoms with E-state index in [1.54, 1.807) is 23.1 Å². The van der Waals surface area contributed by atoms with Crippen molar-refractivity contribution in [2.45, 2.75) is 13.0 Å². The molecule has 0 saturated carbocycles. The molecule has 2 aliphatic heterocycles. The van der Waals surface area contributed by atoms with Crippen molar-refractivity contribution in [3.63, 3.8) is 0 Å². The normalized spacial score (nSPS) is 16.3. The maximum absolute atomic E-state index is 13.5. The lowest BCUT2D eigenvalue weighted by atomic mass is 9.94. The Morgan fingerprint density at radius 1 is 1.09 bits per heavy atom. The molecule has 1 amide bonds. The summed E-state index contributed by atoms with van der Waals surface area (Å²) >= 11 is 0. The number of aromatic nitrogens is 3. The van der Waals surface area contributed by atoms with Crippen molar-refractivity contribution in [3.8, 4) is 23.1 Å². The lowest BCUT2D eigenvalue weighted by molar-refractivity contribution is -0.113. The van der Waals surface area contributed by atoms with Crippen LogP contribution in [0.25, 0.3) is 11.6 Å². The number of carbonyl (C=O) groups is 1. The Hall–Kier alpha value is -4.53. The van der Waals surface area contributed by atoms with Crippen LogP contribution in [0.4, 0.5) is 11.6 Å². The van der Waals surface area contributed by atoms with Crippen LogP contribution >= 0.6 is 0 Å². The van der Waals surface area contributed by atoms with Crippen LogP contribution in [0.3, 0.4) is 0 Å². The third kappa shape index (κ3) is 3.30. The minimum absolute atomic E-state index is 0.165. The first-order valence-corrected chi connectivity index (χ1v) is 10.4. The average Bonchev–Trinajstić information content (AvgIpc) is 3.58. The molecule has 4 aromatic rings. The number of fused-ring (bicyclic) bond motifs is 2. The topological polar surface area (TPSA) is 103 Å². The molecule has 0 radical (unpaired) electrons. The number of para-hydroxylation sites is 1. The molecule has 0 saturated heterocycles. The number of nitrogens with one attached hydrogen (secondary N) is 2. The second kappa shape index (κ2) is 7.56. The molecule has 0 spiro atoms. The molecule has 9 heteroatoms. The van der Waals surface area contributed by atoms with Gasteiger partial charge < -0.3 is 24.5 Å². The average molecular weight is 441 g/mol. The molecule has 4 heterocycles. The van der Waals surface area contributed by atoms with E-state index in [1.807, 2.05) is 55.5 Å². The first-order chi connectivity index (χ1) is 16.2. The number of hydrogen-bond acceptors (Lipinski definition) is 7. The van der Waals surface area contributed by atoms with Crippen molar-refractivity contribution < 1.29 is 18.7 Å². The Bertz CT molecular complexity index is 1380. The van der Waals surface area contributed by atoms with Crippen LogP contribution in [0.2, 0.25) is 0 Å². The summed E-state index contributed by atoms with van der Waals surface area (Å²) in [6.45, 7) is 2.02. The Balaban J connectivity index is 1.47. The summed E-state index contributed by atoms with van der Waals surface area (Å²) in [6, 6.07) is 18.0. The third-order valence-corrected chi connectivity index (χ3v) is 5.58. The highest BCUT2D eigenvalue weighted by atomic mass is 16.7. The Kier molecular flexibility index (Phi) is 4.39. The fourth-order valence-electron chi connectivity index (χ4n) is 4.07. The molecule has 1 unspecified atom stereocenters. The molecule has 164 valence electrons. The quantitative estimate of drug-likeness (QED) is 0.489. The van der Waals surface area contributed by atoms with E-state index in [2.05, 4.69) is 20.7 Å². The Morgan fingerprint density at radius 2 is 1.94 bits per heavy atom. The number of carbonyl (C=O) groups excluding carboxylic acids is 1. The van der Waals surface area contributed by atoms with E-state index in [-0.39, 0.29) is 12.7 Å². The molecule has 1 atom stereocenters. The van der Waals surface area contributed by atoms with Gasteiger partial charge in [-0.25, -0.2) is 4.68 Å². The maximum Gasteiger partial charge on any atom is 0.255 e. The number of allylic oxidation sites excluding steroid dienone is 1. The monoisotopic (exact) mass is 441 g/mol. The van der Waals surface area contributed by atoms with Gasteiger partial charge in [-0.2, -0.15) is 4.98 Å². The van der Waals surface area contributed by atoms with E-state index in [9.17, 15) is 4.79 Å². The van der Waals surface area contributed by atoms with E-state index in [1.165, 1.54) is 0 Å². The van der Waals surface area contributed by atoms with E-state index in [0.717, 1.165) is 5.56 Å². The summed E-state index contributed by atoms with van der Waals surface area (Å²) in [5.41, 5.74) is 2.71. The van der Waals surface area contributed by atoms with Crippen LogP contribution in [0.1, 0.15) is 18.5 Å². The molecule has 2 aromatic heterocycles. The van der Waals surface area contributed by atoms with Gasteiger partial charge in [0.15, 0.2) is 17.3 Å². The molecule has 0 fully saturated rings. The van der Waals surface area contributed by atoms with Crippen LogP contribution in [-0.2, 0) is 4.79 Å². The number of nitrogens with zero attached hydrogens (tertiary/aromatic N) is 3. The zero-order valence-corrected chi connectivity index (χ0v) is 17.6. The molecule has 2 N–H and O–H groups in total. The number of hydrogen-bond donors (Lipinski definition) is 2. The lowest BCUT2D eigenvalue weighted by Gasteiger charge is -2.28. The molecule has 2 aromatic carbocycles. The van der Waals surface area contributed by atoms with Gasteiger partial charge in [0.25, 0.3) is 5.91 Å². The lowest BCUT2D eigenvalue weighted by Crippen LogP contribution is -2.31. The molecule has 0 aliphatic carbocycles. The van der Waals surface area contributed by atoms with Crippen molar-refractivity contribution in [2.75, 3.05) is 17.4 Å². The van der Waals surface area contributed by atoms with Gasteiger partial charge >= 0.3 is 0 Å². The van der Waals surface area contributed by atoms with Crippen LogP contribution in [0.15, 0.2) is 82.6 Å². The summed E-state index contributed by atoms with van der Waals surface area (Å²) in [5, 5.41) is 10.9. The van der Waals surface area contributed by atoms with Crippen molar-refractivity contribution in [2.24, 2.45) is 0 Å². The third-order valence-electron chi connectivity index (χ3n) is 5.58. The van der Waals surface area contributed by atoms with Gasteiger partial charge in [-0.1, -0.05) is 24.3 Å². The standard InChI is InChI=1S/C24H19N5O4/c1-14-20(23(30)26-16-6-3-2-4-7-16)21(15-9-10-17-19(12-15)33-13-32-17)29-24(25-14)27-22(28-29)18-8-5-11-31-18/h2-12,21H,13H2,1H3,(H,26,30)(H,25,27,28). The van der Waals surface area contributed by atoms with Gasteiger partial charge in [0, 0.05) is 11.4 Å². The first kappa shape index (κ1) is 19.2. The number of ether oxygens (including phenoxy) is 2. The fraction of sp³-hybridized carbons (Fsp3) is 0.125. The van der Waals surface area contributed by atoms with Crippen LogP contribution in [0.5, 0.6) is 11.5 Å². The van der Waals surface area contributed by atoms with Gasteiger partial charge in [0.1, 0.15) is 6.04 Å². The highest BCUT2D eigenvalue weighted by Crippen LogP contribution is 2.41. The van der Waals surface area contributed by atoms with Gasteiger partial charge in [-0.15, -0.1) is 5.10 Å². The highest BCUT2D eigenvalue weighted by Gasteiger charge is 2.35. The summed E-state index contributed by atoms with van der Waals surface area (Å²) < 4.78 is 18.2. The Labute approximate surface area is 188 Å². The number of rotatable bonds is 4. The molecule has 33 heavy (non-hydrogen) atoms. The smallest absolute Gasteiger partial charge is 0.255 e. The first-order valence-electron chi connectivity index (χ1n) is 10.4. The molecule has 2 aliphatic rings. The zero-order chi connectivity index (χ0) is 22.4. The Morgan fingerprint density at radius 3 is 2.76 bits per heavy atom. The van der Waals surface area contributed by atoms with Gasteiger partial charge in [-0.3, -0.25) is 4.79 Å². The van der Waals surface area contributed by atoms with Gasteiger partial charge in [0.2, 0.25) is 18.6 Å². The second-order valence-electron chi connectivity index (χ2n) is 7.68. The summed E-state index contributed by atoms with van der Waals surface area (Å²) in [7, 11) is 0. The van der Waals surface area contributed by atoms with Gasteiger partial charge in [0.05, 0.1) is 11.8 Å². The SMILES string of the molecule is CC1=C(C(=O)Nc2ccccc2)C(c2ccc3c(c2)OCO3)n2nc(-c3ccco3)nc2N1. The fourth-order valence-corrected chi connectivity index (χ4v) is 4.07. The molecule has 0 bridgehead atoms. The van der Waals surface area contributed by atoms with Crippen molar-refractivity contribution >= 4 is 17.5 Å². The number of amides is 1. The molecule has 6 rings (SSSR count). The van der Waals surface area contributed by atoms with Crippen molar-refractivity contribution in [1.29, 1.82) is 0 Å². The van der Waals surface area contributed by atoms with Gasteiger partial charge in [-0.05, 0) is 48.9 Å². The molecular weight excluding hydrogens is 422 g/mol. The van der Waals surface area contributed by atoms with E-state index < -0.39 is 6.04 Å². The summed E-state index contributed by atoms with van der Waals surface area (Å²) in [4.78, 5) is 18.1. The molecular formula is C24H19N5O4. The second-order valence-corrected chi connectivity index (χ2v) is 7.68. The highest BCUT2D eigenvalue weighted by molar-refractivity contribution is 6.06. The van der Waals surface area contributed by atoms with E-state index in [0.29, 0.717) is 46.0 Å². The van der Waals surface area contributed by atoms with Crippen molar-refractivity contribution in [1.82, 2.24) is 14.8 Å². The zero-order valence-electron chi connectivity index (χ0n) is 17.6. The number of anilines is 2. The van der Waals surface area contributed by atoms with E-state index >= 15 is 0 Å². The van der Waals surface area contributed by atoms with Crippen LogP contribution in [-0.4, -0.2) is 27.5 Å². The maximum atomic E-state index is 13.5. The van der Waals surface area contributed by atoms with E-state index in [4.69, 9.17) is 13.9 Å². The van der Waals surface area contributed by atoms with Crippen LogP contribution < -0.4 is 20.1 Å². The predicted octanol–water partition coefficient (Wildman–Crippen LogP) is 4.19. The van der Waals surface area contributed by atoms with Crippen molar-refractivity contribution in [3.05, 3.63) is 83.8 Å². The summed E-state index contributed by atoms with van der Waals surface area (Å²) in [5.74, 6) is 2.52. The van der Waals surface area contributed by atoms with Crippen LogP contribution in [0, 0.1) is 0 Å². The number of benzene rings is 2. The minimum atomic E-state index is -0.546. The largest absolute Gasteiger partial charge is 0.461 e.